The summed E-state index contributed by atoms with van der Waals surface area (Å²) in [6, 6.07) is 8.26. The van der Waals surface area contributed by atoms with Gasteiger partial charge in [0.05, 0.1) is 6.04 Å². The second-order valence-electron chi connectivity index (χ2n) is 7.96. The first kappa shape index (κ1) is 23.1. The third-order valence-electron chi connectivity index (χ3n) is 5.10. The number of ether oxygens (including phenoxy) is 1. The van der Waals surface area contributed by atoms with Crippen molar-refractivity contribution in [2.75, 3.05) is 6.54 Å². The van der Waals surface area contributed by atoms with E-state index in [9.17, 15) is 19.2 Å². The van der Waals surface area contributed by atoms with Crippen LogP contribution in [0.3, 0.4) is 0 Å². The molecule has 2 atom stereocenters. The predicted octanol–water partition coefficient (Wildman–Crippen LogP) is 1.38. The summed E-state index contributed by atoms with van der Waals surface area (Å²) in [5.41, 5.74) is 0.812. The standard InChI is InChI=1S/C22H26N4O6/c1-13(2)19(24-22(30)31-12-14-6-4-3-5-7-14)16(27)10-15-11-18-26-25-17(32-18)8-9-23-21(29)20(15)28/h3-7,13,15,19H,8-12H2,1-2H3,(H,23,29)(H,24,30). The Hall–Kier alpha value is -3.56. The molecule has 2 unspecified atom stereocenters. The van der Waals surface area contributed by atoms with Gasteiger partial charge >= 0.3 is 6.09 Å². The van der Waals surface area contributed by atoms with Gasteiger partial charge in [-0.05, 0) is 11.5 Å². The Morgan fingerprint density at radius 3 is 2.62 bits per heavy atom. The molecule has 1 aliphatic heterocycles. The molecule has 170 valence electrons. The first-order chi connectivity index (χ1) is 15.3. The first-order valence-electron chi connectivity index (χ1n) is 10.5. The molecule has 1 aromatic heterocycles. The zero-order valence-electron chi connectivity index (χ0n) is 18.0. The normalized spacial score (nSPS) is 17.4. The van der Waals surface area contributed by atoms with Crippen LogP contribution in [0.1, 0.15) is 37.6 Å². The molecule has 32 heavy (non-hydrogen) atoms. The molecule has 10 heteroatoms. The molecule has 2 aromatic rings. The number of nitrogens with one attached hydrogen (secondary N) is 2. The number of Topliss-reactive ketones (excluding diaryl/α,β-unsaturated/α-hetero) is 2. The molecule has 0 aliphatic carbocycles. The third-order valence-corrected chi connectivity index (χ3v) is 5.10. The van der Waals surface area contributed by atoms with Crippen molar-refractivity contribution in [2.24, 2.45) is 11.8 Å². The SMILES string of the molecule is CC(C)C(NC(=O)OCc1ccccc1)C(=O)CC1Cc2nnc(o2)CCNC(=O)C1=O. The van der Waals surface area contributed by atoms with E-state index >= 15 is 0 Å². The Bertz CT molecular complexity index is 972. The number of hydrogen-bond acceptors (Lipinski definition) is 8. The van der Waals surface area contributed by atoms with Crippen LogP contribution in [-0.2, 0) is 38.6 Å². The highest BCUT2D eigenvalue weighted by atomic mass is 16.5. The zero-order chi connectivity index (χ0) is 23.1. The Morgan fingerprint density at radius 2 is 1.91 bits per heavy atom. The van der Waals surface area contributed by atoms with Crippen molar-refractivity contribution in [3.05, 3.63) is 47.7 Å². The number of nitrogens with zero attached hydrogens (tertiary/aromatic N) is 2. The lowest BCUT2D eigenvalue weighted by Gasteiger charge is -2.23. The minimum Gasteiger partial charge on any atom is -0.445 e. The van der Waals surface area contributed by atoms with Gasteiger partial charge in [0.2, 0.25) is 17.6 Å². The number of fused-ring (bicyclic) bond motifs is 2. The van der Waals surface area contributed by atoms with E-state index in [1.54, 1.807) is 13.8 Å². The monoisotopic (exact) mass is 442 g/mol. The second kappa shape index (κ2) is 10.7. The van der Waals surface area contributed by atoms with Crippen molar-refractivity contribution < 1.29 is 28.3 Å². The average molecular weight is 442 g/mol. The summed E-state index contributed by atoms with van der Waals surface area (Å²) < 4.78 is 10.7. The fourth-order valence-corrected chi connectivity index (χ4v) is 3.38. The number of hydrogen-bond donors (Lipinski definition) is 2. The molecule has 2 heterocycles. The Morgan fingerprint density at radius 1 is 1.19 bits per heavy atom. The van der Waals surface area contributed by atoms with Gasteiger partial charge in [0.1, 0.15) is 6.61 Å². The molecule has 2 N–H and O–H groups in total. The van der Waals surface area contributed by atoms with Crippen LogP contribution in [0.15, 0.2) is 34.7 Å². The minimum absolute atomic E-state index is 0.0335. The van der Waals surface area contributed by atoms with Gasteiger partial charge in [0.25, 0.3) is 5.91 Å². The van der Waals surface area contributed by atoms with Gasteiger partial charge in [-0.15, -0.1) is 10.2 Å². The predicted molar refractivity (Wildman–Crippen MR) is 111 cm³/mol. The Labute approximate surface area is 185 Å². The summed E-state index contributed by atoms with van der Waals surface area (Å²) in [4.78, 5) is 50.1. The molecule has 2 bridgehead atoms. The lowest BCUT2D eigenvalue weighted by atomic mass is 9.88. The average Bonchev–Trinajstić information content (AvgIpc) is 3.21. The van der Waals surface area contributed by atoms with E-state index in [2.05, 4.69) is 20.8 Å². The van der Waals surface area contributed by atoms with E-state index in [4.69, 9.17) is 9.15 Å². The van der Waals surface area contributed by atoms with Gasteiger partial charge in [0.15, 0.2) is 5.78 Å². The van der Waals surface area contributed by atoms with Crippen LogP contribution >= 0.6 is 0 Å². The molecule has 3 rings (SSSR count). The topological polar surface area (TPSA) is 140 Å². The molecule has 0 saturated carbocycles. The quantitative estimate of drug-likeness (QED) is 0.613. The van der Waals surface area contributed by atoms with Crippen LogP contribution in [0, 0.1) is 11.8 Å². The van der Waals surface area contributed by atoms with Gasteiger partial charge in [0, 0.05) is 31.7 Å². The molecular weight excluding hydrogens is 416 g/mol. The van der Waals surface area contributed by atoms with Crippen LogP contribution in [-0.4, -0.2) is 46.4 Å². The van der Waals surface area contributed by atoms with E-state index in [-0.39, 0.29) is 43.6 Å². The maximum atomic E-state index is 13.0. The summed E-state index contributed by atoms with van der Waals surface area (Å²) in [5, 5.41) is 12.8. The number of carbonyl (C=O) groups excluding carboxylic acids is 4. The van der Waals surface area contributed by atoms with Gasteiger partial charge in [-0.2, -0.15) is 0 Å². The van der Waals surface area contributed by atoms with Gasteiger partial charge in [-0.3, -0.25) is 14.4 Å². The van der Waals surface area contributed by atoms with Gasteiger partial charge in [-0.1, -0.05) is 44.2 Å². The number of rotatable bonds is 7. The number of aromatic nitrogens is 2. The van der Waals surface area contributed by atoms with E-state index in [1.807, 2.05) is 30.3 Å². The third kappa shape index (κ3) is 6.22. The smallest absolute Gasteiger partial charge is 0.408 e. The molecule has 1 aromatic carbocycles. The molecule has 2 amide bonds. The maximum absolute atomic E-state index is 13.0. The van der Waals surface area contributed by atoms with Crippen molar-refractivity contribution in [3.8, 4) is 0 Å². The summed E-state index contributed by atoms with van der Waals surface area (Å²) in [5.74, 6) is -2.57. The summed E-state index contributed by atoms with van der Waals surface area (Å²) in [7, 11) is 0. The van der Waals surface area contributed by atoms with Crippen molar-refractivity contribution in [1.29, 1.82) is 0 Å². The summed E-state index contributed by atoms with van der Waals surface area (Å²) in [6.07, 6.45) is -0.711. The first-order valence-corrected chi connectivity index (χ1v) is 10.5. The zero-order valence-corrected chi connectivity index (χ0v) is 18.0. The van der Waals surface area contributed by atoms with E-state index in [0.717, 1.165) is 5.56 Å². The molecule has 0 spiro atoms. The van der Waals surface area contributed by atoms with Crippen LogP contribution in [0.25, 0.3) is 0 Å². The highest BCUT2D eigenvalue weighted by molar-refractivity contribution is 6.37. The lowest BCUT2D eigenvalue weighted by molar-refractivity contribution is -0.141. The largest absolute Gasteiger partial charge is 0.445 e. The maximum Gasteiger partial charge on any atom is 0.408 e. The van der Waals surface area contributed by atoms with Crippen LogP contribution in [0.5, 0.6) is 0 Å². The highest BCUT2D eigenvalue weighted by Gasteiger charge is 2.34. The van der Waals surface area contributed by atoms with Crippen molar-refractivity contribution in [2.45, 2.75) is 45.8 Å². The fourth-order valence-electron chi connectivity index (χ4n) is 3.38. The molecule has 0 saturated heterocycles. The van der Waals surface area contributed by atoms with Gasteiger partial charge < -0.3 is 19.8 Å². The minimum atomic E-state index is -0.975. The number of benzene rings is 1. The van der Waals surface area contributed by atoms with E-state index < -0.39 is 29.7 Å². The van der Waals surface area contributed by atoms with Crippen LogP contribution < -0.4 is 10.6 Å². The van der Waals surface area contributed by atoms with Crippen LogP contribution in [0.2, 0.25) is 0 Å². The lowest BCUT2D eigenvalue weighted by Crippen LogP contribution is -2.46. The molecule has 1 aliphatic rings. The Balaban J connectivity index is 1.65. The van der Waals surface area contributed by atoms with Crippen LogP contribution in [0.4, 0.5) is 4.79 Å². The second-order valence-corrected chi connectivity index (χ2v) is 7.96. The number of carbonyl (C=O) groups is 4. The Kier molecular flexibility index (Phi) is 7.69. The van der Waals surface area contributed by atoms with E-state index in [0.29, 0.717) is 12.3 Å². The number of amides is 2. The summed E-state index contributed by atoms with van der Waals surface area (Å²) in [6.45, 7) is 3.78. The van der Waals surface area contributed by atoms with Crippen molar-refractivity contribution >= 4 is 23.6 Å². The molecular formula is C22H26N4O6. The fraction of sp³-hybridized carbons (Fsp3) is 0.455. The molecule has 0 radical (unpaired) electrons. The van der Waals surface area contributed by atoms with Crippen molar-refractivity contribution in [1.82, 2.24) is 20.8 Å². The molecule has 10 nitrogen and oxygen atoms in total. The number of alkyl carbamates (subject to hydrolysis) is 1. The molecule has 0 fully saturated rings. The van der Waals surface area contributed by atoms with Crippen molar-refractivity contribution in [3.63, 3.8) is 0 Å². The van der Waals surface area contributed by atoms with Gasteiger partial charge in [-0.25, -0.2) is 4.79 Å². The summed E-state index contributed by atoms with van der Waals surface area (Å²) >= 11 is 0. The highest BCUT2D eigenvalue weighted by Crippen LogP contribution is 2.18. The number of ketones is 2. The van der Waals surface area contributed by atoms with E-state index in [1.165, 1.54) is 0 Å².